The summed E-state index contributed by atoms with van der Waals surface area (Å²) in [5, 5.41) is 22.5. The van der Waals surface area contributed by atoms with Gasteiger partial charge in [0.05, 0.1) is 28.4 Å². The third-order valence-corrected chi connectivity index (χ3v) is 4.75. The van der Waals surface area contributed by atoms with Crippen LogP contribution in [0.15, 0.2) is 53.6 Å². The standard InChI is InChI=1S/C21H15F3N6O2/c22-21(23,24)11-26-17(31)10-30-5-4-12-2-1-3-16(18(12)20(30)32)28-15-6-13(8-25)19-14(7-15)9-27-29-19/h1-7,9,28H,10-11H2,(H,26,31)(H,27,29). The molecule has 2 aromatic carbocycles. The number of hydrogen-bond acceptors (Lipinski definition) is 5. The van der Waals surface area contributed by atoms with Crippen molar-refractivity contribution in [3.8, 4) is 6.07 Å². The molecule has 4 aromatic rings. The molecule has 11 heteroatoms. The van der Waals surface area contributed by atoms with Crippen LogP contribution in [0.3, 0.4) is 0 Å². The van der Waals surface area contributed by atoms with Gasteiger partial charge in [-0.15, -0.1) is 0 Å². The van der Waals surface area contributed by atoms with Crippen molar-refractivity contribution in [1.82, 2.24) is 20.1 Å². The molecule has 0 aliphatic carbocycles. The second-order valence-corrected chi connectivity index (χ2v) is 7.01. The number of pyridine rings is 1. The Bertz CT molecular complexity index is 1430. The number of H-pyrrole nitrogens is 1. The van der Waals surface area contributed by atoms with E-state index >= 15 is 0 Å². The molecule has 0 unspecified atom stereocenters. The molecule has 0 saturated carbocycles. The Morgan fingerprint density at radius 3 is 2.78 bits per heavy atom. The summed E-state index contributed by atoms with van der Waals surface area (Å²) in [7, 11) is 0. The molecule has 0 spiro atoms. The minimum absolute atomic E-state index is 0.254. The Morgan fingerprint density at radius 2 is 2.03 bits per heavy atom. The van der Waals surface area contributed by atoms with Crippen molar-refractivity contribution >= 4 is 39.0 Å². The summed E-state index contributed by atoms with van der Waals surface area (Å²) in [6.07, 6.45) is -1.62. The fourth-order valence-corrected chi connectivity index (χ4v) is 3.34. The van der Waals surface area contributed by atoms with Crippen molar-refractivity contribution < 1.29 is 18.0 Å². The molecule has 0 atom stereocenters. The first-order chi connectivity index (χ1) is 15.2. The molecule has 4 rings (SSSR count). The predicted molar refractivity (Wildman–Crippen MR) is 111 cm³/mol. The lowest BCUT2D eigenvalue weighted by Gasteiger charge is -2.13. The highest BCUT2D eigenvalue weighted by molar-refractivity contribution is 5.96. The van der Waals surface area contributed by atoms with Gasteiger partial charge in [-0.05, 0) is 29.7 Å². The first-order valence-corrected chi connectivity index (χ1v) is 9.35. The Morgan fingerprint density at radius 1 is 1.22 bits per heavy atom. The van der Waals surface area contributed by atoms with Crippen molar-refractivity contribution in [2.24, 2.45) is 0 Å². The van der Waals surface area contributed by atoms with Crippen LogP contribution in [0.2, 0.25) is 0 Å². The number of anilines is 2. The maximum absolute atomic E-state index is 13.0. The number of fused-ring (bicyclic) bond motifs is 2. The molecule has 0 aliphatic heterocycles. The van der Waals surface area contributed by atoms with Crippen LogP contribution in [-0.4, -0.2) is 33.4 Å². The summed E-state index contributed by atoms with van der Waals surface area (Å²) in [6, 6.07) is 12.1. The summed E-state index contributed by atoms with van der Waals surface area (Å²) in [6.45, 7) is -2.03. The second-order valence-electron chi connectivity index (χ2n) is 7.01. The zero-order chi connectivity index (χ0) is 22.9. The van der Waals surface area contributed by atoms with E-state index in [2.05, 4.69) is 21.6 Å². The number of carbonyl (C=O) groups is 1. The number of rotatable bonds is 5. The number of hydrogen-bond donors (Lipinski definition) is 3. The number of aromatic nitrogens is 3. The van der Waals surface area contributed by atoms with Crippen LogP contribution in [0.4, 0.5) is 24.5 Å². The zero-order valence-electron chi connectivity index (χ0n) is 16.3. The van der Waals surface area contributed by atoms with E-state index in [1.54, 1.807) is 47.9 Å². The summed E-state index contributed by atoms with van der Waals surface area (Å²) >= 11 is 0. The van der Waals surface area contributed by atoms with Gasteiger partial charge in [-0.25, -0.2) is 0 Å². The first kappa shape index (κ1) is 20.9. The van der Waals surface area contributed by atoms with Gasteiger partial charge in [0.1, 0.15) is 19.2 Å². The minimum atomic E-state index is -4.54. The number of benzene rings is 2. The zero-order valence-corrected chi connectivity index (χ0v) is 16.3. The largest absolute Gasteiger partial charge is 0.405 e. The van der Waals surface area contributed by atoms with Gasteiger partial charge in [0.25, 0.3) is 5.56 Å². The fourth-order valence-electron chi connectivity index (χ4n) is 3.34. The van der Waals surface area contributed by atoms with Gasteiger partial charge < -0.3 is 15.2 Å². The number of nitrogens with one attached hydrogen (secondary N) is 3. The molecular weight excluding hydrogens is 425 g/mol. The molecule has 32 heavy (non-hydrogen) atoms. The monoisotopic (exact) mass is 440 g/mol. The highest BCUT2D eigenvalue weighted by atomic mass is 19.4. The normalized spacial score (nSPS) is 11.4. The van der Waals surface area contributed by atoms with Crippen LogP contribution in [0.1, 0.15) is 5.56 Å². The van der Waals surface area contributed by atoms with E-state index in [1.165, 1.54) is 6.20 Å². The van der Waals surface area contributed by atoms with E-state index in [-0.39, 0.29) is 5.39 Å². The Kier molecular flexibility index (Phi) is 5.28. The predicted octanol–water partition coefficient (Wildman–Crippen LogP) is 3.17. The van der Waals surface area contributed by atoms with Crippen LogP contribution in [-0.2, 0) is 11.3 Å². The Labute approximate surface area is 178 Å². The molecule has 1 amide bonds. The van der Waals surface area contributed by atoms with Crippen LogP contribution in [0, 0.1) is 11.3 Å². The van der Waals surface area contributed by atoms with Crippen molar-refractivity contribution in [3.63, 3.8) is 0 Å². The average Bonchev–Trinajstić information content (AvgIpc) is 3.22. The number of nitrogens with zero attached hydrogens (tertiary/aromatic N) is 3. The summed E-state index contributed by atoms with van der Waals surface area (Å²) in [5.41, 5.74) is 1.37. The van der Waals surface area contributed by atoms with E-state index in [4.69, 9.17) is 0 Å². The third-order valence-electron chi connectivity index (χ3n) is 4.75. The van der Waals surface area contributed by atoms with E-state index in [0.717, 1.165) is 4.57 Å². The van der Waals surface area contributed by atoms with Crippen LogP contribution in [0.5, 0.6) is 0 Å². The first-order valence-electron chi connectivity index (χ1n) is 9.35. The fraction of sp³-hybridized carbons (Fsp3) is 0.143. The molecule has 2 aromatic heterocycles. The highest BCUT2D eigenvalue weighted by Gasteiger charge is 2.27. The number of alkyl halides is 3. The lowest BCUT2D eigenvalue weighted by Crippen LogP contribution is -2.37. The summed E-state index contributed by atoms with van der Waals surface area (Å²) in [4.78, 5) is 24.9. The summed E-state index contributed by atoms with van der Waals surface area (Å²) < 4.78 is 38.0. The van der Waals surface area contributed by atoms with Gasteiger partial charge in [-0.3, -0.25) is 14.7 Å². The van der Waals surface area contributed by atoms with Crippen molar-refractivity contribution in [2.75, 3.05) is 11.9 Å². The third kappa shape index (κ3) is 4.24. The van der Waals surface area contributed by atoms with Crippen LogP contribution < -0.4 is 16.2 Å². The van der Waals surface area contributed by atoms with E-state index < -0.39 is 30.7 Å². The molecule has 2 heterocycles. The maximum atomic E-state index is 13.0. The maximum Gasteiger partial charge on any atom is 0.405 e. The molecule has 162 valence electrons. The number of nitriles is 1. The van der Waals surface area contributed by atoms with Crippen molar-refractivity contribution in [3.05, 3.63) is 64.7 Å². The van der Waals surface area contributed by atoms with E-state index in [1.807, 2.05) is 0 Å². The number of carbonyl (C=O) groups excluding carboxylic acids is 1. The molecular formula is C21H15F3N6O2. The topological polar surface area (TPSA) is 116 Å². The smallest absolute Gasteiger partial charge is 0.355 e. The van der Waals surface area contributed by atoms with Crippen LogP contribution in [0.25, 0.3) is 21.7 Å². The second kappa shape index (κ2) is 8.07. The molecule has 0 fully saturated rings. The summed E-state index contributed by atoms with van der Waals surface area (Å²) in [5.74, 6) is -0.932. The molecule has 8 nitrogen and oxygen atoms in total. The van der Waals surface area contributed by atoms with Gasteiger partial charge in [-0.1, -0.05) is 12.1 Å². The highest BCUT2D eigenvalue weighted by Crippen LogP contribution is 2.27. The molecule has 0 saturated heterocycles. The minimum Gasteiger partial charge on any atom is -0.355 e. The SMILES string of the molecule is N#Cc1cc(Nc2cccc3ccn(CC(=O)NCC(F)(F)F)c(=O)c23)cc2cn[nH]c12. The Balaban J connectivity index is 1.69. The quantitative estimate of drug-likeness (QED) is 0.441. The molecule has 0 radical (unpaired) electrons. The molecule has 0 bridgehead atoms. The number of halogens is 3. The lowest BCUT2D eigenvalue weighted by atomic mass is 10.1. The van der Waals surface area contributed by atoms with Crippen molar-refractivity contribution in [1.29, 1.82) is 5.26 Å². The van der Waals surface area contributed by atoms with Crippen LogP contribution >= 0.6 is 0 Å². The van der Waals surface area contributed by atoms with Gasteiger partial charge in [0.2, 0.25) is 5.91 Å². The number of amides is 1. The van der Waals surface area contributed by atoms with Gasteiger partial charge in [0, 0.05) is 17.3 Å². The van der Waals surface area contributed by atoms with E-state index in [0.29, 0.717) is 33.2 Å². The number of aromatic amines is 1. The van der Waals surface area contributed by atoms with Gasteiger partial charge in [0.15, 0.2) is 0 Å². The Hall–Kier alpha value is -4.33. The molecule has 0 aliphatic rings. The van der Waals surface area contributed by atoms with E-state index in [9.17, 15) is 28.0 Å². The van der Waals surface area contributed by atoms with Gasteiger partial charge in [-0.2, -0.15) is 23.5 Å². The van der Waals surface area contributed by atoms with Gasteiger partial charge >= 0.3 is 6.18 Å². The average molecular weight is 440 g/mol. The van der Waals surface area contributed by atoms with Crippen molar-refractivity contribution in [2.45, 2.75) is 12.7 Å². The molecule has 3 N–H and O–H groups in total. The lowest BCUT2D eigenvalue weighted by molar-refractivity contribution is -0.138.